The number of carbonyl (C=O) groups excluding carboxylic acids is 1. The van der Waals surface area contributed by atoms with Crippen molar-refractivity contribution in [2.24, 2.45) is 10.7 Å². The van der Waals surface area contributed by atoms with Crippen LogP contribution in [0.4, 0.5) is 11.4 Å². The minimum atomic E-state index is -0.0944. The number of carbonyl (C=O) groups is 1. The number of hydrogen-bond donors (Lipinski definition) is 3. The molecule has 2 aromatic rings. The largest absolute Gasteiger partial charge is 0.370 e. The van der Waals surface area contributed by atoms with E-state index in [1.807, 2.05) is 56.3 Å². The number of anilines is 2. The van der Waals surface area contributed by atoms with Gasteiger partial charge in [-0.25, -0.2) is 0 Å². The zero-order valence-corrected chi connectivity index (χ0v) is 15.4. The molecule has 0 atom stereocenters. The molecule has 0 bridgehead atoms. The number of benzene rings is 2. The van der Waals surface area contributed by atoms with Crippen LogP contribution in [-0.4, -0.2) is 18.4 Å². The van der Waals surface area contributed by atoms with Crippen LogP contribution >= 0.6 is 15.9 Å². The molecule has 0 saturated heterocycles. The highest BCUT2D eigenvalue weighted by Gasteiger charge is 2.05. The molecule has 0 saturated carbocycles. The molecule has 0 heterocycles. The second-order valence-electron chi connectivity index (χ2n) is 5.52. The molecule has 1 amide bonds. The summed E-state index contributed by atoms with van der Waals surface area (Å²) in [5.74, 6) is 0.202. The Morgan fingerprint density at radius 2 is 1.83 bits per heavy atom. The van der Waals surface area contributed by atoms with Crippen molar-refractivity contribution in [1.29, 1.82) is 0 Å². The quantitative estimate of drug-likeness (QED) is 0.537. The number of aryl methyl sites for hydroxylation is 2. The van der Waals surface area contributed by atoms with Crippen molar-refractivity contribution in [3.8, 4) is 0 Å². The first-order valence-electron chi connectivity index (χ1n) is 7.63. The predicted octanol–water partition coefficient (Wildman–Crippen LogP) is 3.82. The summed E-state index contributed by atoms with van der Waals surface area (Å²) in [6.07, 6.45) is 0.266. The maximum absolute atomic E-state index is 12.0. The summed E-state index contributed by atoms with van der Waals surface area (Å²) in [6.45, 7) is 4.29. The SMILES string of the molecule is Cc1ccc(NC(N)=NCCC(=O)Nc2cc(Br)ccc2C)cc1. The molecule has 0 aliphatic heterocycles. The number of aliphatic imine (C=N–C) groups is 1. The fourth-order valence-electron chi connectivity index (χ4n) is 2.04. The van der Waals surface area contributed by atoms with Crippen LogP contribution in [0.5, 0.6) is 0 Å². The van der Waals surface area contributed by atoms with Gasteiger partial charge in [-0.1, -0.05) is 39.7 Å². The maximum atomic E-state index is 12.0. The van der Waals surface area contributed by atoms with Gasteiger partial charge >= 0.3 is 0 Å². The van der Waals surface area contributed by atoms with Gasteiger partial charge in [0.05, 0.1) is 6.54 Å². The van der Waals surface area contributed by atoms with E-state index in [-0.39, 0.29) is 12.3 Å². The maximum Gasteiger partial charge on any atom is 0.226 e. The number of rotatable bonds is 5. The molecule has 24 heavy (non-hydrogen) atoms. The average molecular weight is 389 g/mol. The van der Waals surface area contributed by atoms with Gasteiger partial charge in [0.1, 0.15) is 0 Å². The molecule has 0 fully saturated rings. The Morgan fingerprint density at radius 1 is 1.12 bits per heavy atom. The van der Waals surface area contributed by atoms with E-state index >= 15 is 0 Å². The zero-order chi connectivity index (χ0) is 17.5. The molecule has 4 N–H and O–H groups in total. The van der Waals surface area contributed by atoms with E-state index in [1.165, 1.54) is 5.56 Å². The summed E-state index contributed by atoms with van der Waals surface area (Å²) in [7, 11) is 0. The Hall–Kier alpha value is -2.34. The lowest BCUT2D eigenvalue weighted by Crippen LogP contribution is -2.23. The van der Waals surface area contributed by atoms with Gasteiger partial charge in [-0.2, -0.15) is 0 Å². The number of hydrogen-bond acceptors (Lipinski definition) is 2. The van der Waals surface area contributed by atoms with E-state index in [1.54, 1.807) is 0 Å². The molecule has 0 aromatic heterocycles. The molecule has 2 rings (SSSR count). The monoisotopic (exact) mass is 388 g/mol. The van der Waals surface area contributed by atoms with Crippen LogP contribution in [0.2, 0.25) is 0 Å². The van der Waals surface area contributed by atoms with Crippen LogP contribution in [-0.2, 0) is 4.79 Å². The van der Waals surface area contributed by atoms with E-state index in [2.05, 4.69) is 31.6 Å². The molecule has 0 aliphatic rings. The summed E-state index contributed by atoms with van der Waals surface area (Å²) >= 11 is 3.40. The summed E-state index contributed by atoms with van der Waals surface area (Å²) in [6, 6.07) is 13.6. The molecule has 0 radical (unpaired) electrons. The molecular formula is C18H21BrN4O. The highest BCUT2D eigenvalue weighted by molar-refractivity contribution is 9.10. The van der Waals surface area contributed by atoms with Gasteiger partial charge in [-0.05, 0) is 43.7 Å². The molecule has 2 aromatic carbocycles. The molecule has 5 nitrogen and oxygen atoms in total. The first kappa shape index (κ1) is 18.0. The Bertz CT molecular complexity index is 741. The van der Waals surface area contributed by atoms with E-state index in [0.29, 0.717) is 12.5 Å². The van der Waals surface area contributed by atoms with Crippen LogP contribution in [0.1, 0.15) is 17.5 Å². The van der Waals surface area contributed by atoms with Crippen molar-refractivity contribution in [1.82, 2.24) is 0 Å². The third-order valence-corrected chi connectivity index (χ3v) is 3.91. The predicted molar refractivity (Wildman–Crippen MR) is 103 cm³/mol. The molecule has 126 valence electrons. The zero-order valence-electron chi connectivity index (χ0n) is 13.8. The molecule has 0 spiro atoms. The first-order valence-corrected chi connectivity index (χ1v) is 8.43. The van der Waals surface area contributed by atoms with Crippen molar-refractivity contribution in [2.45, 2.75) is 20.3 Å². The second kappa shape index (κ2) is 8.49. The lowest BCUT2D eigenvalue weighted by atomic mass is 10.2. The van der Waals surface area contributed by atoms with Crippen molar-refractivity contribution in [2.75, 3.05) is 17.2 Å². The van der Waals surface area contributed by atoms with Gasteiger partial charge in [-0.15, -0.1) is 0 Å². The van der Waals surface area contributed by atoms with Gasteiger partial charge in [-0.3, -0.25) is 9.79 Å². The summed E-state index contributed by atoms with van der Waals surface area (Å²) < 4.78 is 0.924. The van der Waals surface area contributed by atoms with Crippen LogP contribution in [0, 0.1) is 13.8 Å². The Kier molecular flexibility index (Phi) is 6.37. The van der Waals surface area contributed by atoms with Gasteiger partial charge < -0.3 is 16.4 Å². The number of amides is 1. The number of guanidine groups is 1. The number of nitrogens with one attached hydrogen (secondary N) is 2. The van der Waals surface area contributed by atoms with E-state index in [0.717, 1.165) is 21.4 Å². The number of halogens is 1. The van der Waals surface area contributed by atoms with E-state index < -0.39 is 0 Å². The van der Waals surface area contributed by atoms with Gasteiger partial charge in [0.15, 0.2) is 5.96 Å². The van der Waals surface area contributed by atoms with Crippen LogP contribution < -0.4 is 16.4 Å². The summed E-state index contributed by atoms with van der Waals surface area (Å²) in [4.78, 5) is 16.2. The standard InChI is InChI=1S/C18H21BrN4O/c1-12-3-7-15(8-4-12)22-18(20)21-10-9-17(24)23-16-11-14(19)6-5-13(16)2/h3-8,11H,9-10H2,1-2H3,(H,23,24)(H3,20,21,22). The average Bonchev–Trinajstić information content (AvgIpc) is 2.53. The van der Waals surface area contributed by atoms with Crippen LogP contribution in [0.15, 0.2) is 51.9 Å². The summed E-state index contributed by atoms with van der Waals surface area (Å²) in [5, 5.41) is 5.88. The minimum absolute atomic E-state index is 0.0944. The Balaban J connectivity index is 1.82. The highest BCUT2D eigenvalue weighted by atomic mass is 79.9. The molecule has 0 unspecified atom stereocenters. The van der Waals surface area contributed by atoms with Crippen molar-refractivity contribution in [3.05, 3.63) is 58.1 Å². The third-order valence-electron chi connectivity index (χ3n) is 3.42. The van der Waals surface area contributed by atoms with Gasteiger partial charge in [0, 0.05) is 22.3 Å². The third kappa shape index (κ3) is 5.70. The van der Waals surface area contributed by atoms with Crippen molar-refractivity contribution < 1.29 is 4.79 Å². The smallest absolute Gasteiger partial charge is 0.226 e. The fourth-order valence-corrected chi connectivity index (χ4v) is 2.40. The molecular weight excluding hydrogens is 368 g/mol. The van der Waals surface area contributed by atoms with Crippen LogP contribution in [0.25, 0.3) is 0 Å². The lowest BCUT2D eigenvalue weighted by molar-refractivity contribution is -0.116. The normalized spacial score (nSPS) is 11.2. The number of nitrogens with zero attached hydrogens (tertiary/aromatic N) is 1. The molecule has 6 heteroatoms. The Morgan fingerprint density at radius 3 is 2.54 bits per heavy atom. The topological polar surface area (TPSA) is 79.5 Å². The first-order chi connectivity index (χ1) is 11.4. The van der Waals surface area contributed by atoms with E-state index in [9.17, 15) is 4.79 Å². The summed E-state index contributed by atoms with van der Waals surface area (Å²) in [5.41, 5.74) is 9.68. The number of nitrogens with two attached hydrogens (primary N) is 1. The van der Waals surface area contributed by atoms with Crippen molar-refractivity contribution >= 4 is 39.2 Å². The van der Waals surface area contributed by atoms with E-state index in [4.69, 9.17) is 5.73 Å². The fraction of sp³-hybridized carbons (Fsp3) is 0.222. The highest BCUT2D eigenvalue weighted by Crippen LogP contribution is 2.20. The lowest BCUT2D eigenvalue weighted by Gasteiger charge is -2.09. The minimum Gasteiger partial charge on any atom is -0.370 e. The molecule has 0 aliphatic carbocycles. The Labute approximate surface area is 150 Å². The van der Waals surface area contributed by atoms with Gasteiger partial charge in [0.2, 0.25) is 5.91 Å². The second-order valence-corrected chi connectivity index (χ2v) is 6.43. The van der Waals surface area contributed by atoms with Gasteiger partial charge in [0.25, 0.3) is 0 Å². The van der Waals surface area contributed by atoms with Crippen molar-refractivity contribution in [3.63, 3.8) is 0 Å². The van der Waals surface area contributed by atoms with Crippen LogP contribution in [0.3, 0.4) is 0 Å².